The predicted molar refractivity (Wildman–Crippen MR) is 70.7 cm³/mol. The summed E-state index contributed by atoms with van der Waals surface area (Å²) in [6, 6.07) is 7.23. The van der Waals surface area contributed by atoms with Gasteiger partial charge in [0.05, 0.1) is 18.2 Å². The zero-order chi connectivity index (χ0) is 13.9. The molecule has 4 N–H and O–H groups in total. The molecule has 3 rings (SSSR count). The first-order chi connectivity index (χ1) is 9.74. The highest BCUT2D eigenvalue weighted by atomic mass is 16.6. The van der Waals surface area contributed by atoms with Gasteiger partial charge >= 0.3 is 0 Å². The lowest BCUT2D eigenvalue weighted by molar-refractivity contribution is 0.101. The van der Waals surface area contributed by atoms with Crippen molar-refractivity contribution in [3.05, 3.63) is 42.5 Å². The quantitative estimate of drug-likeness (QED) is 0.659. The van der Waals surface area contributed by atoms with Crippen LogP contribution in [-0.4, -0.2) is 26.2 Å². The highest BCUT2D eigenvalue weighted by Crippen LogP contribution is 2.19. The van der Waals surface area contributed by atoms with Crippen LogP contribution in [0.2, 0.25) is 0 Å². The van der Waals surface area contributed by atoms with Gasteiger partial charge in [-0.15, -0.1) is 0 Å². The Labute approximate surface area is 113 Å². The zero-order valence-corrected chi connectivity index (χ0v) is 10.2. The fourth-order valence-corrected chi connectivity index (χ4v) is 1.69. The van der Waals surface area contributed by atoms with E-state index in [2.05, 4.69) is 30.2 Å². The number of H-pyrrole nitrogens is 1. The monoisotopic (exact) mass is 270 g/mol. The van der Waals surface area contributed by atoms with Crippen molar-refractivity contribution >= 4 is 17.4 Å². The largest absolute Gasteiger partial charge is 0.379 e. The number of carbonyl (C=O) groups excluding carboxylic acids is 1. The van der Waals surface area contributed by atoms with Crippen LogP contribution in [0, 0.1) is 0 Å². The maximum absolute atomic E-state index is 11.8. The number of nitrogens with zero attached hydrogens (tertiary/aromatic N) is 3. The van der Waals surface area contributed by atoms with E-state index in [0.717, 1.165) is 11.3 Å². The molecule has 0 bridgehead atoms. The first-order valence-corrected chi connectivity index (χ1v) is 5.72. The minimum atomic E-state index is -0.474. The summed E-state index contributed by atoms with van der Waals surface area (Å²) < 4.78 is 4.38. The summed E-state index contributed by atoms with van der Waals surface area (Å²) in [5.41, 5.74) is 7.87. The van der Waals surface area contributed by atoms with Crippen LogP contribution in [0.4, 0.5) is 11.5 Å². The van der Waals surface area contributed by atoms with E-state index in [1.54, 1.807) is 24.7 Å². The topological polar surface area (TPSA) is 123 Å². The summed E-state index contributed by atoms with van der Waals surface area (Å²) in [6.45, 7) is 0. The average Bonchev–Trinajstić information content (AvgIpc) is 3.10. The number of nitrogen functional groups attached to an aromatic ring is 1. The second-order valence-corrected chi connectivity index (χ2v) is 3.99. The van der Waals surface area contributed by atoms with Gasteiger partial charge in [0.25, 0.3) is 5.91 Å². The number of imidazole rings is 1. The molecule has 20 heavy (non-hydrogen) atoms. The first-order valence-electron chi connectivity index (χ1n) is 5.72. The van der Waals surface area contributed by atoms with Crippen molar-refractivity contribution in [2.75, 3.05) is 11.1 Å². The average molecular weight is 270 g/mol. The van der Waals surface area contributed by atoms with E-state index in [4.69, 9.17) is 5.73 Å². The molecular formula is C12H10N6O2. The summed E-state index contributed by atoms with van der Waals surface area (Å²) in [6.07, 6.45) is 3.32. The Bertz CT molecular complexity index is 717. The molecule has 0 unspecified atom stereocenters. The maximum atomic E-state index is 11.8. The SMILES string of the molecule is Nc1nonc1C(=O)Nc1ccc(-c2cnc[nH]2)cc1. The molecule has 2 aromatic heterocycles. The molecule has 1 aromatic carbocycles. The maximum Gasteiger partial charge on any atom is 0.281 e. The van der Waals surface area contributed by atoms with E-state index in [9.17, 15) is 4.79 Å². The van der Waals surface area contributed by atoms with Crippen molar-refractivity contribution in [1.29, 1.82) is 0 Å². The van der Waals surface area contributed by atoms with Crippen LogP contribution < -0.4 is 11.1 Å². The van der Waals surface area contributed by atoms with Crippen molar-refractivity contribution in [2.45, 2.75) is 0 Å². The van der Waals surface area contributed by atoms with Gasteiger partial charge in [-0.1, -0.05) is 12.1 Å². The number of aromatic amines is 1. The molecule has 1 amide bonds. The van der Waals surface area contributed by atoms with Crippen LogP contribution >= 0.6 is 0 Å². The number of nitrogens with two attached hydrogens (primary N) is 1. The van der Waals surface area contributed by atoms with Gasteiger partial charge < -0.3 is 16.0 Å². The first kappa shape index (κ1) is 11.9. The molecular weight excluding hydrogens is 260 g/mol. The van der Waals surface area contributed by atoms with Gasteiger partial charge in [-0.2, -0.15) is 0 Å². The fourth-order valence-electron chi connectivity index (χ4n) is 1.69. The van der Waals surface area contributed by atoms with Crippen molar-refractivity contribution in [1.82, 2.24) is 20.3 Å². The standard InChI is InChI=1S/C12H10N6O2/c13-11-10(17-20-18-11)12(19)16-8-3-1-7(2-4-8)9-5-14-6-15-9/h1-6H,(H2,13,18)(H,14,15)(H,16,19). The van der Waals surface area contributed by atoms with Crippen molar-refractivity contribution in [3.63, 3.8) is 0 Å². The minimum Gasteiger partial charge on any atom is -0.379 e. The minimum absolute atomic E-state index is 0.0392. The van der Waals surface area contributed by atoms with E-state index >= 15 is 0 Å². The zero-order valence-electron chi connectivity index (χ0n) is 10.2. The molecule has 0 aliphatic rings. The van der Waals surface area contributed by atoms with Crippen LogP contribution in [-0.2, 0) is 0 Å². The van der Waals surface area contributed by atoms with Gasteiger partial charge in [-0.3, -0.25) is 4.79 Å². The highest BCUT2D eigenvalue weighted by molar-refractivity contribution is 6.05. The Morgan fingerprint density at radius 3 is 2.65 bits per heavy atom. The molecule has 0 saturated heterocycles. The van der Waals surface area contributed by atoms with Gasteiger partial charge in [0.1, 0.15) is 0 Å². The summed E-state index contributed by atoms with van der Waals surface area (Å²) in [5, 5.41) is 9.43. The molecule has 0 radical (unpaired) electrons. The van der Waals surface area contributed by atoms with E-state index in [-0.39, 0.29) is 11.5 Å². The molecule has 100 valence electrons. The number of rotatable bonds is 3. The Morgan fingerprint density at radius 1 is 1.25 bits per heavy atom. The lowest BCUT2D eigenvalue weighted by Crippen LogP contribution is -2.14. The molecule has 0 saturated carbocycles. The third kappa shape index (κ3) is 2.21. The van der Waals surface area contributed by atoms with Crippen LogP contribution in [0.5, 0.6) is 0 Å². The highest BCUT2D eigenvalue weighted by Gasteiger charge is 2.15. The summed E-state index contributed by atoms with van der Waals surface area (Å²) >= 11 is 0. The van der Waals surface area contributed by atoms with Crippen LogP contribution in [0.1, 0.15) is 10.5 Å². The Morgan fingerprint density at radius 2 is 2.05 bits per heavy atom. The molecule has 2 heterocycles. The summed E-state index contributed by atoms with van der Waals surface area (Å²) in [5.74, 6) is -0.519. The molecule has 0 atom stereocenters. The Hall–Kier alpha value is -3.16. The van der Waals surface area contributed by atoms with E-state index in [1.807, 2.05) is 12.1 Å². The lowest BCUT2D eigenvalue weighted by Gasteiger charge is -2.04. The molecule has 0 aliphatic heterocycles. The number of carbonyl (C=O) groups is 1. The van der Waals surface area contributed by atoms with Crippen LogP contribution in [0.25, 0.3) is 11.3 Å². The number of hydrogen-bond donors (Lipinski definition) is 3. The van der Waals surface area contributed by atoms with Gasteiger partial charge in [-0.05, 0) is 28.0 Å². The third-order valence-electron chi connectivity index (χ3n) is 2.68. The normalized spacial score (nSPS) is 10.4. The van der Waals surface area contributed by atoms with Gasteiger partial charge in [0, 0.05) is 5.69 Å². The molecule has 0 aliphatic carbocycles. The third-order valence-corrected chi connectivity index (χ3v) is 2.68. The molecule has 3 aromatic rings. The van der Waals surface area contributed by atoms with Gasteiger partial charge in [0.15, 0.2) is 0 Å². The second kappa shape index (κ2) is 4.84. The number of amides is 1. The number of anilines is 2. The lowest BCUT2D eigenvalue weighted by atomic mass is 10.1. The summed E-state index contributed by atoms with van der Waals surface area (Å²) in [7, 11) is 0. The molecule has 8 nitrogen and oxygen atoms in total. The number of hydrogen-bond acceptors (Lipinski definition) is 6. The molecule has 0 spiro atoms. The van der Waals surface area contributed by atoms with E-state index in [0.29, 0.717) is 5.69 Å². The second-order valence-electron chi connectivity index (χ2n) is 3.99. The van der Waals surface area contributed by atoms with E-state index in [1.165, 1.54) is 0 Å². The van der Waals surface area contributed by atoms with E-state index < -0.39 is 5.91 Å². The number of aromatic nitrogens is 4. The van der Waals surface area contributed by atoms with Crippen LogP contribution in [0.15, 0.2) is 41.4 Å². The van der Waals surface area contributed by atoms with Crippen molar-refractivity contribution in [3.8, 4) is 11.3 Å². The van der Waals surface area contributed by atoms with Crippen molar-refractivity contribution in [2.24, 2.45) is 0 Å². The summed E-state index contributed by atoms with van der Waals surface area (Å²) in [4.78, 5) is 18.8. The fraction of sp³-hybridized carbons (Fsp3) is 0. The van der Waals surface area contributed by atoms with Crippen LogP contribution in [0.3, 0.4) is 0 Å². The number of nitrogens with one attached hydrogen (secondary N) is 2. The predicted octanol–water partition coefficient (Wildman–Crippen LogP) is 1.29. The van der Waals surface area contributed by atoms with Gasteiger partial charge in [-0.25, -0.2) is 9.61 Å². The Balaban J connectivity index is 1.76. The van der Waals surface area contributed by atoms with Crippen molar-refractivity contribution < 1.29 is 9.42 Å². The number of benzene rings is 1. The Kier molecular flexibility index (Phi) is 2.88. The smallest absolute Gasteiger partial charge is 0.281 e. The van der Waals surface area contributed by atoms with Gasteiger partial charge in [0.2, 0.25) is 11.5 Å². The molecule has 0 fully saturated rings. The molecule has 8 heteroatoms.